The minimum atomic E-state index is -4.21. The van der Waals surface area contributed by atoms with Gasteiger partial charge in [0.25, 0.3) is 0 Å². The molecule has 22 heavy (non-hydrogen) atoms. The topological polar surface area (TPSA) is 99.5 Å². The molecule has 0 radical (unpaired) electrons. The van der Waals surface area contributed by atoms with Gasteiger partial charge in [-0.1, -0.05) is 36.4 Å². The van der Waals surface area contributed by atoms with Crippen LogP contribution in [-0.2, 0) is 21.9 Å². The van der Waals surface area contributed by atoms with Gasteiger partial charge in [-0.2, -0.15) is 0 Å². The number of amides is 1. The van der Waals surface area contributed by atoms with Gasteiger partial charge in [0, 0.05) is 18.2 Å². The SMILES string of the molecule is O=C(CCc1ccccc1)Nc1ncccc1CP(=O)(O)O. The molecule has 0 spiro atoms. The number of aromatic nitrogens is 1. The van der Waals surface area contributed by atoms with Gasteiger partial charge in [0.2, 0.25) is 5.91 Å². The number of pyridine rings is 1. The minimum Gasteiger partial charge on any atom is -0.324 e. The van der Waals surface area contributed by atoms with Crippen LogP contribution in [0, 0.1) is 0 Å². The van der Waals surface area contributed by atoms with Gasteiger partial charge >= 0.3 is 7.60 Å². The third-order valence-electron chi connectivity index (χ3n) is 3.01. The van der Waals surface area contributed by atoms with Crippen LogP contribution in [0.2, 0.25) is 0 Å². The van der Waals surface area contributed by atoms with Crippen LogP contribution < -0.4 is 5.32 Å². The van der Waals surface area contributed by atoms with E-state index in [1.807, 2.05) is 30.3 Å². The molecule has 1 heterocycles. The predicted octanol–water partition coefficient (Wildman–Crippen LogP) is 2.33. The third-order valence-corrected chi connectivity index (χ3v) is 3.76. The lowest BCUT2D eigenvalue weighted by Crippen LogP contribution is -2.15. The Hall–Kier alpha value is -2.01. The molecule has 0 fully saturated rings. The van der Waals surface area contributed by atoms with E-state index in [4.69, 9.17) is 9.79 Å². The summed E-state index contributed by atoms with van der Waals surface area (Å²) in [5, 5.41) is 2.61. The Morgan fingerprint density at radius 3 is 2.55 bits per heavy atom. The molecule has 7 heteroatoms. The maximum atomic E-state index is 12.0. The highest BCUT2D eigenvalue weighted by Crippen LogP contribution is 2.40. The molecule has 0 saturated carbocycles. The molecule has 2 rings (SSSR count). The van der Waals surface area contributed by atoms with Crippen molar-refractivity contribution in [3.05, 3.63) is 59.8 Å². The molecule has 6 nitrogen and oxygen atoms in total. The van der Waals surface area contributed by atoms with Gasteiger partial charge in [0.05, 0.1) is 6.16 Å². The number of anilines is 1. The molecule has 1 amide bonds. The predicted molar refractivity (Wildman–Crippen MR) is 83.4 cm³/mol. The van der Waals surface area contributed by atoms with Gasteiger partial charge in [0.15, 0.2) is 0 Å². The quantitative estimate of drug-likeness (QED) is 0.709. The molecule has 2 aromatic rings. The zero-order valence-corrected chi connectivity index (χ0v) is 12.7. The Morgan fingerprint density at radius 2 is 1.86 bits per heavy atom. The van der Waals surface area contributed by atoms with Crippen molar-refractivity contribution in [3.63, 3.8) is 0 Å². The molecular formula is C15H17N2O4P. The van der Waals surface area contributed by atoms with Gasteiger partial charge in [0.1, 0.15) is 5.82 Å². The van der Waals surface area contributed by atoms with Gasteiger partial charge in [-0.05, 0) is 18.1 Å². The van der Waals surface area contributed by atoms with E-state index in [-0.39, 0.29) is 18.1 Å². The van der Waals surface area contributed by atoms with E-state index in [0.29, 0.717) is 12.0 Å². The molecule has 0 saturated heterocycles. The normalized spacial score (nSPS) is 11.2. The average molecular weight is 320 g/mol. The van der Waals surface area contributed by atoms with Crippen LogP contribution in [0.25, 0.3) is 0 Å². The van der Waals surface area contributed by atoms with Crippen molar-refractivity contribution in [1.29, 1.82) is 0 Å². The summed E-state index contributed by atoms with van der Waals surface area (Å²) in [7, 11) is -4.21. The first-order chi connectivity index (χ1) is 10.4. The van der Waals surface area contributed by atoms with Crippen molar-refractivity contribution >= 4 is 19.3 Å². The second kappa shape index (κ2) is 7.31. The fourth-order valence-electron chi connectivity index (χ4n) is 2.00. The molecule has 1 aromatic carbocycles. The monoisotopic (exact) mass is 320 g/mol. The molecule has 0 bridgehead atoms. The molecule has 0 aliphatic heterocycles. The van der Waals surface area contributed by atoms with Gasteiger partial charge in [-0.15, -0.1) is 0 Å². The molecule has 0 aliphatic carbocycles. The van der Waals surface area contributed by atoms with Crippen LogP contribution in [0.5, 0.6) is 0 Å². The number of rotatable bonds is 6. The highest BCUT2D eigenvalue weighted by molar-refractivity contribution is 7.50. The largest absolute Gasteiger partial charge is 0.330 e. The summed E-state index contributed by atoms with van der Waals surface area (Å²) in [6.45, 7) is 0. The van der Waals surface area contributed by atoms with Crippen LogP contribution in [0.15, 0.2) is 48.7 Å². The lowest BCUT2D eigenvalue weighted by atomic mass is 10.1. The first kappa shape index (κ1) is 16.4. The van der Waals surface area contributed by atoms with Crippen LogP contribution in [0.4, 0.5) is 5.82 Å². The Labute approximate surface area is 128 Å². The van der Waals surface area contributed by atoms with Crippen LogP contribution in [-0.4, -0.2) is 20.7 Å². The van der Waals surface area contributed by atoms with Gasteiger partial charge < -0.3 is 15.1 Å². The number of benzene rings is 1. The van der Waals surface area contributed by atoms with Crippen LogP contribution in [0.3, 0.4) is 0 Å². The number of hydrogen-bond acceptors (Lipinski definition) is 3. The maximum absolute atomic E-state index is 12.0. The van der Waals surface area contributed by atoms with E-state index in [2.05, 4.69) is 10.3 Å². The van der Waals surface area contributed by atoms with Crippen molar-refractivity contribution in [2.45, 2.75) is 19.0 Å². The van der Waals surface area contributed by atoms with Crippen molar-refractivity contribution < 1.29 is 19.1 Å². The van der Waals surface area contributed by atoms with Crippen molar-refractivity contribution in [2.75, 3.05) is 5.32 Å². The molecule has 1 aromatic heterocycles. The Balaban J connectivity index is 1.98. The number of nitrogens with one attached hydrogen (secondary N) is 1. The summed E-state index contributed by atoms with van der Waals surface area (Å²) in [5.74, 6) is -0.0431. The minimum absolute atomic E-state index is 0.198. The molecule has 0 aliphatic rings. The van der Waals surface area contributed by atoms with E-state index in [9.17, 15) is 9.36 Å². The van der Waals surface area contributed by atoms with Crippen molar-refractivity contribution in [2.24, 2.45) is 0 Å². The Bertz CT molecular complexity index is 685. The number of hydrogen-bond donors (Lipinski definition) is 3. The number of nitrogens with zero attached hydrogens (tertiary/aromatic N) is 1. The molecular weight excluding hydrogens is 303 g/mol. The van der Waals surface area contributed by atoms with E-state index < -0.39 is 13.8 Å². The van der Waals surface area contributed by atoms with E-state index in [1.54, 1.807) is 12.1 Å². The van der Waals surface area contributed by atoms with Gasteiger partial charge in [-0.25, -0.2) is 4.98 Å². The highest BCUT2D eigenvalue weighted by atomic mass is 31.2. The van der Waals surface area contributed by atoms with Gasteiger partial charge in [-0.3, -0.25) is 9.36 Å². The zero-order valence-electron chi connectivity index (χ0n) is 11.8. The third kappa shape index (κ3) is 5.41. The Morgan fingerprint density at radius 1 is 1.14 bits per heavy atom. The molecule has 0 atom stereocenters. The first-order valence-electron chi connectivity index (χ1n) is 6.76. The smallest absolute Gasteiger partial charge is 0.324 e. The lowest BCUT2D eigenvalue weighted by molar-refractivity contribution is -0.116. The van der Waals surface area contributed by atoms with Crippen LogP contribution >= 0.6 is 7.60 Å². The summed E-state index contributed by atoms with van der Waals surface area (Å²) in [6, 6.07) is 12.7. The number of carbonyl (C=O) groups excluding carboxylic acids is 1. The fourth-order valence-corrected chi connectivity index (χ4v) is 2.70. The summed E-state index contributed by atoms with van der Waals surface area (Å²) in [4.78, 5) is 34.0. The second-order valence-corrected chi connectivity index (χ2v) is 6.51. The zero-order chi connectivity index (χ0) is 16.0. The summed E-state index contributed by atoms with van der Waals surface area (Å²) in [5.41, 5.74) is 1.37. The molecule has 3 N–H and O–H groups in total. The number of aryl methyl sites for hydroxylation is 1. The molecule has 116 valence electrons. The van der Waals surface area contributed by atoms with E-state index >= 15 is 0 Å². The lowest BCUT2D eigenvalue weighted by Gasteiger charge is -2.10. The van der Waals surface area contributed by atoms with Crippen molar-refractivity contribution in [1.82, 2.24) is 4.98 Å². The average Bonchev–Trinajstić information content (AvgIpc) is 2.47. The number of carbonyl (C=O) groups is 1. The summed E-state index contributed by atoms with van der Waals surface area (Å²) < 4.78 is 11.1. The summed E-state index contributed by atoms with van der Waals surface area (Å²) in [6.07, 6.45) is 1.88. The summed E-state index contributed by atoms with van der Waals surface area (Å²) >= 11 is 0. The van der Waals surface area contributed by atoms with E-state index in [1.165, 1.54) is 6.20 Å². The first-order valence-corrected chi connectivity index (χ1v) is 8.56. The Kier molecular flexibility index (Phi) is 5.44. The molecule has 0 unspecified atom stereocenters. The standard InChI is InChI=1S/C15H17N2O4P/c18-14(9-8-12-5-2-1-3-6-12)17-15-13(7-4-10-16-15)11-22(19,20)21/h1-7,10H,8-9,11H2,(H,16,17,18)(H2,19,20,21). The second-order valence-electron chi connectivity index (χ2n) is 4.87. The van der Waals surface area contributed by atoms with Crippen LogP contribution in [0.1, 0.15) is 17.5 Å². The highest BCUT2D eigenvalue weighted by Gasteiger charge is 2.18. The van der Waals surface area contributed by atoms with Crippen molar-refractivity contribution in [3.8, 4) is 0 Å². The maximum Gasteiger partial charge on any atom is 0.330 e. The van der Waals surface area contributed by atoms with E-state index in [0.717, 1.165) is 5.56 Å². The fraction of sp³-hybridized carbons (Fsp3) is 0.200.